The fourth-order valence-electron chi connectivity index (χ4n) is 3.00. The molecule has 5 heteroatoms. The van der Waals surface area contributed by atoms with Gasteiger partial charge in [0.05, 0.1) is 13.5 Å². The van der Waals surface area contributed by atoms with Gasteiger partial charge in [0.1, 0.15) is 5.75 Å². The van der Waals surface area contributed by atoms with Gasteiger partial charge in [-0.2, -0.15) is 0 Å². The Morgan fingerprint density at radius 2 is 2.09 bits per heavy atom. The van der Waals surface area contributed by atoms with Crippen LogP contribution in [0.1, 0.15) is 28.8 Å². The average Bonchev–Trinajstić information content (AvgIpc) is 3.05. The van der Waals surface area contributed by atoms with Crippen molar-refractivity contribution >= 4 is 5.91 Å². The number of H-pyrrole nitrogens is 1. The minimum Gasteiger partial charge on any atom is -0.496 e. The van der Waals surface area contributed by atoms with Crippen molar-refractivity contribution in [3.8, 4) is 5.75 Å². The Labute approximate surface area is 134 Å². The molecule has 1 aromatic heterocycles. The second kappa shape index (κ2) is 6.69. The van der Waals surface area contributed by atoms with Crippen molar-refractivity contribution in [1.82, 2.24) is 10.3 Å². The van der Waals surface area contributed by atoms with Crippen molar-refractivity contribution in [1.29, 1.82) is 0 Å². The number of carbonyl (C=O) groups excluding carboxylic acids is 1. The van der Waals surface area contributed by atoms with Crippen LogP contribution in [0.5, 0.6) is 5.75 Å². The third-order valence-corrected chi connectivity index (χ3v) is 4.22. The lowest BCUT2D eigenvalue weighted by atomic mass is 10.1. The van der Waals surface area contributed by atoms with Crippen LogP contribution in [0, 0.1) is 0 Å². The van der Waals surface area contributed by atoms with E-state index in [2.05, 4.69) is 10.3 Å². The van der Waals surface area contributed by atoms with Gasteiger partial charge in [-0.25, -0.2) is 0 Å². The van der Waals surface area contributed by atoms with E-state index in [9.17, 15) is 9.59 Å². The molecule has 1 aliphatic carbocycles. The Hall–Kier alpha value is -2.56. The SMILES string of the molecule is COc1ccccc1CNC(=O)Cc1c[nH]c2c(c1=O)CCC2. The minimum absolute atomic E-state index is 0.0173. The van der Waals surface area contributed by atoms with Crippen molar-refractivity contribution in [3.63, 3.8) is 0 Å². The largest absolute Gasteiger partial charge is 0.496 e. The molecule has 1 amide bonds. The van der Waals surface area contributed by atoms with E-state index >= 15 is 0 Å². The molecule has 0 saturated heterocycles. The Bertz CT molecular complexity index is 780. The van der Waals surface area contributed by atoms with Crippen LogP contribution in [-0.4, -0.2) is 18.0 Å². The van der Waals surface area contributed by atoms with E-state index in [1.807, 2.05) is 24.3 Å². The van der Waals surface area contributed by atoms with Crippen molar-refractivity contribution in [3.05, 3.63) is 63.1 Å². The summed E-state index contributed by atoms with van der Waals surface area (Å²) in [6.07, 6.45) is 4.50. The maximum Gasteiger partial charge on any atom is 0.224 e. The van der Waals surface area contributed by atoms with Gasteiger partial charge in [0.25, 0.3) is 0 Å². The smallest absolute Gasteiger partial charge is 0.224 e. The first-order valence-electron chi connectivity index (χ1n) is 7.80. The van der Waals surface area contributed by atoms with E-state index in [1.54, 1.807) is 13.3 Å². The van der Waals surface area contributed by atoms with Gasteiger partial charge in [-0.3, -0.25) is 9.59 Å². The number of rotatable bonds is 5. The molecular weight excluding hydrogens is 292 g/mol. The van der Waals surface area contributed by atoms with Crippen LogP contribution >= 0.6 is 0 Å². The van der Waals surface area contributed by atoms with Crippen molar-refractivity contribution in [2.75, 3.05) is 7.11 Å². The van der Waals surface area contributed by atoms with Gasteiger partial charge in [-0.05, 0) is 25.3 Å². The van der Waals surface area contributed by atoms with E-state index in [0.29, 0.717) is 12.1 Å². The summed E-state index contributed by atoms with van der Waals surface area (Å²) in [5, 5.41) is 2.85. The first-order valence-corrected chi connectivity index (χ1v) is 7.80. The van der Waals surface area contributed by atoms with Gasteiger partial charge in [-0.1, -0.05) is 18.2 Å². The molecule has 0 radical (unpaired) electrons. The number of amides is 1. The predicted octanol–water partition coefficient (Wildman–Crippen LogP) is 1.73. The lowest BCUT2D eigenvalue weighted by Gasteiger charge is -2.10. The zero-order valence-corrected chi connectivity index (χ0v) is 13.1. The summed E-state index contributed by atoms with van der Waals surface area (Å²) in [6.45, 7) is 0.381. The van der Waals surface area contributed by atoms with Crippen LogP contribution in [0.2, 0.25) is 0 Å². The fourth-order valence-corrected chi connectivity index (χ4v) is 3.00. The van der Waals surface area contributed by atoms with Crippen LogP contribution in [0.4, 0.5) is 0 Å². The highest BCUT2D eigenvalue weighted by atomic mass is 16.5. The minimum atomic E-state index is -0.167. The molecule has 1 aliphatic rings. The molecule has 0 aliphatic heterocycles. The number of methoxy groups -OCH3 is 1. The first kappa shape index (κ1) is 15.3. The van der Waals surface area contributed by atoms with E-state index in [-0.39, 0.29) is 17.8 Å². The second-order valence-corrected chi connectivity index (χ2v) is 5.72. The number of nitrogens with one attached hydrogen (secondary N) is 2. The number of hydrogen-bond acceptors (Lipinski definition) is 3. The molecule has 0 unspecified atom stereocenters. The summed E-state index contributed by atoms with van der Waals surface area (Å²) < 4.78 is 5.26. The summed E-state index contributed by atoms with van der Waals surface area (Å²) in [7, 11) is 1.60. The number of ether oxygens (including phenoxy) is 1. The van der Waals surface area contributed by atoms with Gasteiger partial charge < -0.3 is 15.0 Å². The summed E-state index contributed by atoms with van der Waals surface area (Å²) in [4.78, 5) is 27.6. The molecule has 1 aromatic carbocycles. The zero-order chi connectivity index (χ0) is 16.2. The standard InChI is InChI=1S/C18H20N2O3/c1-23-16-8-3-2-5-12(16)10-20-17(21)9-13-11-19-15-7-4-6-14(15)18(13)22/h2-3,5,8,11H,4,6-7,9-10H2,1H3,(H,19,22)(H,20,21). The molecule has 2 aromatic rings. The summed E-state index contributed by atoms with van der Waals surface area (Å²) in [5.41, 5.74) is 3.33. The van der Waals surface area contributed by atoms with Gasteiger partial charge in [-0.15, -0.1) is 0 Å². The topological polar surface area (TPSA) is 71.2 Å². The Morgan fingerprint density at radius 1 is 1.26 bits per heavy atom. The molecule has 0 bridgehead atoms. The summed E-state index contributed by atoms with van der Waals surface area (Å²) in [5.74, 6) is 0.572. The summed E-state index contributed by atoms with van der Waals surface area (Å²) >= 11 is 0. The van der Waals surface area contributed by atoms with Crippen molar-refractivity contribution in [2.24, 2.45) is 0 Å². The Morgan fingerprint density at radius 3 is 2.91 bits per heavy atom. The highest BCUT2D eigenvalue weighted by Gasteiger charge is 2.18. The zero-order valence-electron chi connectivity index (χ0n) is 13.1. The molecule has 120 valence electrons. The average molecular weight is 312 g/mol. The highest BCUT2D eigenvalue weighted by molar-refractivity contribution is 5.78. The molecule has 1 heterocycles. The summed E-state index contributed by atoms with van der Waals surface area (Å²) in [6, 6.07) is 7.54. The van der Waals surface area contributed by atoms with E-state index in [4.69, 9.17) is 4.74 Å². The number of carbonyl (C=O) groups is 1. The number of pyridine rings is 1. The van der Waals surface area contributed by atoms with E-state index in [1.165, 1.54) is 0 Å². The fraction of sp³-hybridized carbons (Fsp3) is 0.333. The number of aromatic nitrogens is 1. The molecule has 0 fully saturated rings. The van der Waals surface area contributed by atoms with Crippen molar-refractivity contribution < 1.29 is 9.53 Å². The van der Waals surface area contributed by atoms with Gasteiger partial charge >= 0.3 is 0 Å². The third-order valence-electron chi connectivity index (χ3n) is 4.22. The van der Waals surface area contributed by atoms with Gasteiger partial charge in [0.15, 0.2) is 5.43 Å². The predicted molar refractivity (Wildman–Crippen MR) is 87.6 cm³/mol. The number of fused-ring (bicyclic) bond motifs is 1. The van der Waals surface area contributed by atoms with E-state index < -0.39 is 0 Å². The number of hydrogen-bond donors (Lipinski definition) is 2. The molecular formula is C18H20N2O3. The van der Waals surface area contributed by atoms with Crippen molar-refractivity contribution in [2.45, 2.75) is 32.2 Å². The molecule has 23 heavy (non-hydrogen) atoms. The quantitative estimate of drug-likeness (QED) is 0.883. The van der Waals surface area contributed by atoms with Crippen LogP contribution in [0.25, 0.3) is 0 Å². The normalized spacial score (nSPS) is 12.7. The number of benzene rings is 1. The molecule has 0 spiro atoms. The molecule has 5 nitrogen and oxygen atoms in total. The molecule has 2 N–H and O–H groups in total. The van der Waals surface area contributed by atoms with Crippen LogP contribution < -0.4 is 15.5 Å². The number of para-hydroxylation sites is 1. The highest BCUT2D eigenvalue weighted by Crippen LogP contribution is 2.17. The Kier molecular flexibility index (Phi) is 4.46. The van der Waals surface area contributed by atoms with Crippen LogP contribution in [0.15, 0.2) is 35.3 Å². The Balaban J connectivity index is 1.65. The maximum atomic E-state index is 12.4. The maximum absolute atomic E-state index is 12.4. The molecule has 0 saturated carbocycles. The molecule has 0 atom stereocenters. The van der Waals surface area contributed by atoms with Gasteiger partial charge in [0.2, 0.25) is 5.91 Å². The van der Waals surface area contributed by atoms with Gasteiger partial charge in [0, 0.05) is 35.1 Å². The lowest BCUT2D eigenvalue weighted by molar-refractivity contribution is -0.120. The lowest BCUT2D eigenvalue weighted by Crippen LogP contribution is -2.28. The van der Waals surface area contributed by atoms with Crippen LogP contribution in [0.3, 0.4) is 0 Å². The van der Waals surface area contributed by atoms with E-state index in [0.717, 1.165) is 41.8 Å². The first-order chi connectivity index (χ1) is 11.2. The third kappa shape index (κ3) is 3.28. The second-order valence-electron chi connectivity index (χ2n) is 5.72. The van der Waals surface area contributed by atoms with Crippen LogP contribution in [-0.2, 0) is 30.6 Å². The number of aromatic amines is 1. The monoisotopic (exact) mass is 312 g/mol. The number of aryl methyl sites for hydroxylation is 1. The molecule has 3 rings (SSSR count).